The summed E-state index contributed by atoms with van der Waals surface area (Å²) in [5, 5.41) is 0. The number of nitrogens with zero attached hydrogens (tertiary/aromatic N) is 1. The van der Waals surface area contributed by atoms with Crippen LogP contribution in [0.3, 0.4) is 0 Å². The van der Waals surface area contributed by atoms with Crippen LogP contribution in [-0.2, 0) is 9.53 Å². The largest absolute Gasteiger partial charge is 0.463 e. The van der Waals surface area contributed by atoms with Gasteiger partial charge in [0, 0.05) is 25.9 Å². The van der Waals surface area contributed by atoms with Crippen molar-refractivity contribution in [1.82, 2.24) is 0 Å². The Balaban J connectivity index is 2.65. The van der Waals surface area contributed by atoms with Gasteiger partial charge in [0.1, 0.15) is 0 Å². The minimum atomic E-state index is -0.306. The lowest BCUT2D eigenvalue weighted by Gasteiger charge is -2.11. The van der Waals surface area contributed by atoms with Crippen LogP contribution in [0.1, 0.15) is 12.5 Å². The van der Waals surface area contributed by atoms with Crippen molar-refractivity contribution in [3.05, 3.63) is 35.9 Å². The molecule has 0 aromatic heterocycles. The zero-order valence-corrected chi connectivity index (χ0v) is 9.93. The highest BCUT2D eigenvalue weighted by Crippen LogP contribution is 2.13. The van der Waals surface area contributed by atoms with Crippen LogP contribution < -0.4 is 4.90 Å². The third-order valence-corrected chi connectivity index (χ3v) is 2.11. The number of hydrogen-bond acceptors (Lipinski definition) is 3. The van der Waals surface area contributed by atoms with E-state index in [0.717, 1.165) is 11.3 Å². The van der Waals surface area contributed by atoms with Crippen molar-refractivity contribution in [3.8, 4) is 0 Å². The number of rotatable bonds is 4. The second-order valence-corrected chi connectivity index (χ2v) is 3.57. The van der Waals surface area contributed by atoms with Gasteiger partial charge in [-0.05, 0) is 30.7 Å². The molecular formula is C13H17NO2. The first kappa shape index (κ1) is 12.3. The Kier molecular flexibility index (Phi) is 4.58. The van der Waals surface area contributed by atoms with Crippen molar-refractivity contribution in [2.24, 2.45) is 0 Å². The van der Waals surface area contributed by atoms with Crippen LogP contribution in [0.2, 0.25) is 0 Å². The van der Waals surface area contributed by atoms with Crippen LogP contribution in [0.5, 0.6) is 0 Å². The molecule has 0 radical (unpaired) electrons. The monoisotopic (exact) mass is 219 g/mol. The van der Waals surface area contributed by atoms with Gasteiger partial charge >= 0.3 is 5.97 Å². The first-order chi connectivity index (χ1) is 7.63. The van der Waals surface area contributed by atoms with Gasteiger partial charge in [0.15, 0.2) is 0 Å². The summed E-state index contributed by atoms with van der Waals surface area (Å²) in [6, 6.07) is 7.94. The zero-order valence-electron chi connectivity index (χ0n) is 9.93. The molecule has 0 saturated heterocycles. The third kappa shape index (κ3) is 3.77. The van der Waals surface area contributed by atoms with Crippen molar-refractivity contribution in [1.29, 1.82) is 0 Å². The van der Waals surface area contributed by atoms with E-state index in [2.05, 4.69) is 0 Å². The average Bonchev–Trinajstić information content (AvgIpc) is 2.27. The van der Waals surface area contributed by atoms with Gasteiger partial charge in [-0.15, -0.1) is 0 Å². The van der Waals surface area contributed by atoms with Crippen LogP contribution in [0, 0.1) is 0 Å². The first-order valence-electron chi connectivity index (χ1n) is 5.25. The lowest BCUT2D eigenvalue weighted by atomic mass is 10.2. The Morgan fingerprint density at radius 3 is 2.44 bits per heavy atom. The summed E-state index contributed by atoms with van der Waals surface area (Å²) in [6.45, 7) is 2.19. The molecule has 0 fully saturated rings. The highest BCUT2D eigenvalue weighted by Gasteiger charge is 1.95. The third-order valence-electron chi connectivity index (χ3n) is 2.11. The second kappa shape index (κ2) is 5.95. The Bertz CT molecular complexity index is 366. The molecule has 16 heavy (non-hydrogen) atoms. The van der Waals surface area contributed by atoms with Crippen molar-refractivity contribution in [2.45, 2.75) is 6.92 Å². The van der Waals surface area contributed by atoms with Crippen LogP contribution in [0.15, 0.2) is 30.3 Å². The number of ether oxygens (including phenoxy) is 1. The maximum absolute atomic E-state index is 11.1. The number of hydrogen-bond donors (Lipinski definition) is 0. The molecule has 0 atom stereocenters. The van der Waals surface area contributed by atoms with Gasteiger partial charge in [0.2, 0.25) is 0 Å². The fraction of sp³-hybridized carbons (Fsp3) is 0.308. The fourth-order valence-electron chi connectivity index (χ4n) is 1.24. The molecule has 3 nitrogen and oxygen atoms in total. The molecule has 86 valence electrons. The molecule has 1 aromatic rings. The second-order valence-electron chi connectivity index (χ2n) is 3.57. The zero-order chi connectivity index (χ0) is 12.0. The highest BCUT2D eigenvalue weighted by atomic mass is 16.5. The molecule has 0 N–H and O–H groups in total. The van der Waals surface area contributed by atoms with E-state index in [0.29, 0.717) is 6.61 Å². The molecular weight excluding hydrogens is 202 g/mol. The van der Waals surface area contributed by atoms with E-state index < -0.39 is 0 Å². The summed E-state index contributed by atoms with van der Waals surface area (Å²) in [4.78, 5) is 13.1. The normalized spacial score (nSPS) is 10.4. The van der Waals surface area contributed by atoms with Crippen LogP contribution in [-0.4, -0.2) is 26.7 Å². The van der Waals surface area contributed by atoms with Crippen molar-refractivity contribution < 1.29 is 9.53 Å². The van der Waals surface area contributed by atoms with E-state index >= 15 is 0 Å². The van der Waals surface area contributed by atoms with Crippen molar-refractivity contribution >= 4 is 17.7 Å². The number of anilines is 1. The van der Waals surface area contributed by atoms with E-state index in [-0.39, 0.29) is 5.97 Å². The standard InChI is InChI=1S/C13H17NO2/c1-4-16-13(15)10-7-11-5-8-12(9-6-11)14(2)3/h5-10H,4H2,1-3H3/b10-7-. The number of esters is 1. The maximum atomic E-state index is 11.1. The quantitative estimate of drug-likeness (QED) is 0.575. The molecule has 0 heterocycles. The molecule has 0 unspecified atom stereocenters. The molecule has 0 amide bonds. The fourth-order valence-corrected chi connectivity index (χ4v) is 1.24. The van der Waals surface area contributed by atoms with E-state index in [4.69, 9.17) is 4.74 Å². The smallest absolute Gasteiger partial charge is 0.330 e. The Hall–Kier alpha value is -1.77. The minimum absolute atomic E-state index is 0.306. The van der Waals surface area contributed by atoms with Gasteiger partial charge in [-0.3, -0.25) is 0 Å². The Morgan fingerprint density at radius 1 is 1.31 bits per heavy atom. The number of carbonyl (C=O) groups is 1. The summed E-state index contributed by atoms with van der Waals surface area (Å²) >= 11 is 0. The highest BCUT2D eigenvalue weighted by molar-refractivity contribution is 5.87. The molecule has 0 saturated carbocycles. The maximum Gasteiger partial charge on any atom is 0.330 e. The summed E-state index contributed by atoms with van der Waals surface area (Å²) < 4.78 is 4.79. The van der Waals surface area contributed by atoms with E-state index in [9.17, 15) is 4.79 Å². The topological polar surface area (TPSA) is 29.5 Å². The van der Waals surface area contributed by atoms with Gasteiger partial charge in [-0.2, -0.15) is 0 Å². The molecule has 0 spiro atoms. The predicted octanol–water partition coefficient (Wildman–Crippen LogP) is 2.33. The van der Waals surface area contributed by atoms with Gasteiger partial charge in [0.05, 0.1) is 6.61 Å². The molecule has 1 aromatic carbocycles. The molecule has 0 aliphatic rings. The van der Waals surface area contributed by atoms with Crippen LogP contribution in [0.4, 0.5) is 5.69 Å². The van der Waals surface area contributed by atoms with Crippen LogP contribution >= 0.6 is 0 Å². The summed E-state index contributed by atoms with van der Waals surface area (Å²) in [5.41, 5.74) is 2.12. The van der Waals surface area contributed by atoms with Crippen molar-refractivity contribution in [2.75, 3.05) is 25.6 Å². The van der Waals surface area contributed by atoms with Gasteiger partial charge < -0.3 is 9.64 Å². The predicted molar refractivity (Wildman–Crippen MR) is 66.4 cm³/mol. The summed E-state index contributed by atoms with van der Waals surface area (Å²) in [6.07, 6.45) is 3.19. The average molecular weight is 219 g/mol. The van der Waals surface area contributed by atoms with Crippen LogP contribution in [0.25, 0.3) is 6.08 Å². The van der Waals surface area contributed by atoms with Gasteiger partial charge in [-0.25, -0.2) is 4.79 Å². The summed E-state index contributed by atoms with van der Waals surface area (Å²) in [7, 11) is 3.98. The molecule has 0 bridgehead atoms. The van der Waals surface area contributed by atoms with E-state index in [1.807, 2.05) is 43.3 Å². The molecule has 1 rings (SSSR count). The Labute approximate surface area is 96.3 Å². The van der Waals surface area contributed by atoms with Gasteiger partial charge in [0.25, 0.3) is 0 Å². The van der Waals surface area contributed by atoms with E-state index in [1.165, 1.54) is 6.08 Å². The first-order valence-corrected chi connectivity index (χ1v) is 5.25. The van der Waals surface area contributed by atoms with Gasteiger partial charge in [-0.1, -0.05) is 12.1 Å². The summed E-state index contributed by atoms with van der Waals surface area (Å²) in [5.74, 6) is -0.306. The molecule has 3 heteroatoms. The molecule has 0 aliphatic carbocycles. The molecule has 0 aliphatic heterocycles. The van der Waals surface area contributed by atoms with Crippen molar-refractivity contribution in [3.63, 3.8) is 0 Å². The minimum Gasteiger partial charge on any atom is -0.463 e. The lowest BCUT2D eigenvalue weighted by molar-refractivity contribution is -0.137. The van der Waals surface area contributed by atoms with E-state index in [1.54, 1.807) is 13.0 Å². The number of carbonyl (C=O) groups excluding carboxylic acids is 1. The lowest BCUT2D eigenvalue weighted by Crippen LogP contribution is -2.07. The number of benzene rings is 1. The Morgan fingerprint density at radius 2 is 1.94 bits per heavy atom. The SMILES string of the molecule is CCOC(=O)/C=C\c1ccc(N(C)C)cc1.